The third kappa shape index (κ3) is 3.32. The number of hydrogen-bond acceptors (Lipinski definition) is 1. The Kier molecular flexibility index (Phi) is 3.85. The molecule has 0 bridgehead atoms. The van der Waals surface area contributed by atoms with Crippen LogP contribution >= 0.6 is 0 Å². The SMILES string of the molecule is OC(Cc1ccc(F)cc1F)c1cc(F)cc(F)c1. The van der Waals surface area contributed by atoms with Gasteiger partial charge in [-0.25, -0.2) is 17.6 Å². The molecule has 0 amide bonds. The van der Waals surface area contributed by atoms with Gasteiger partial charge in [0, 0.05) is 18.6 Å². The Balaban J connectivity index is 2.22. The zero-order valence-electron chi connectivity index (χ0n) is 9.71. The summed E-state index contributed by atoms with van der Waals surface area (Å²) in [5.74, 6) is -3.19. The van der Waals surface area contributed by atoms with E-state index >= 15 is 0 Å². The molecule has 0 heterocycles. The van der Waals surface area contributed by atoms with Gasteiger partial charge >= 0.3 is 0 Å². The fourth-order valence-electron chi connectivity index (χ4n) is 1.78. The molecular weight excluding hydrogens is 260 g/mol. The minimum Gasteiger partial charge on any atom is -0.388 e. The highest BCUT2D eigenvalue weighted by atomic mass is 19.1. The smallest absolute Gasteiger partial charge is 0.129 e. The summed E-state index contributed by atoms with van der Waals surface area (Å²) in [4.78, 5) is 0. The molecule has 1 atom stereocenters. The number of aliphatic hydroxyl groups is 1. The molecule has 0 saturated carbocycles. The lowest BCUT2D eigenvalue weighted by molar-refractivity contribution is 0.176. The molecule has 1 unspecified atom stereocenters. The van der Waals surface area contributed by atoms with Crippen molar-refractivity contribution in [1.82, 2.24) is 0 Å². The van der Waals surface area contributed by atoms with Crippen molar-refractivity contribution in [3.63, 3.8) is 0 Å². The molecule has 0 radical (unpaired) electrons. The minimum atomic E-state index is -1.27. The van der Waals surface area contributed by atoms with Gasteiger partial charge < -0.3 is 5.11 Å². The van der Waals surface area contributed by atoms with Crippen LogP contribution in [0.2, 0.25) is 0 Å². The number of benzene rings is 2. The summed E-state index contributed by atoms with van der Waals surface area (Å²) in [7, 11) is 0. The predicted octanol–water partition coefficient (Wildman–Crippen LogP) is 3.52. The summed E-state index contributed by atoms with van der Waals surface area (Å²) < 4.78 is 52.1. The molecule has 5 heteroatoms. The van der Waals surface area contributed by atoms with E-state index in [1.165, 1.54) is 6.07 Å². The summed E-state index contributed by atoms with van der Waals surface area (Å²) in [6, 6.07) is 5.54. The van der Waals surface area contributed by atoms with E-state index in [1.54, 1.807) is 0 Å². The van der Waals surface area contributed by atoms with Gasteiger partial charge in [-0.15, -0.1) is 0 Å². The van der Waals surface area contributed by atoms with E-state index in [2.05, 4.69) is 0 Å². The predicted molar refractivity (Wildman–Crippen MR) is 61.4 cm³/mol. The van der Waals surface area contributed by atoms with Crippen LogP contribution in [0, 0.1) is 23.3 Å². The van der Waals surface area contributed by atoms with Crippen LogP contribution in [-0.2, 0) is 6.42 Å². The van der Waals surface area contributed by atoms with Crippen molar-refractivity contribution in [1.29, 1.82) is 0 Å². The van der Waals surface area contributed by atoms with Gasteiger partial charge in [-0.1, -0.05) is 6.07 Å². The molecule has 0 aromatic heterocycles. The molecular formula is C14H10F4O. The molecule has 0 saturated heterocycles. The lowest BCUT2D eigenvalue weighted by atomic mass is 10.0. The van der Waals surface area contributed by atoms with Gasteiger partial charge in [-0.05, 0) is 29.3 Å². The molecule has 2 aromatic rings. The van der Waals surface area contributed by atoms with E-state index in [0.29, 0.717) is 12.1 Å². The number of hydrogen-bond donors (Lipinski definition) is 1. The second-order valence-electron chi connectivity index (χ2n) is 4.16. The molecule has 19 heavy (non-hydrogen) atoms. The van der Waals surface area contributed by atoms with Crippen LogP contribution in [0.1, 0.15) is 17.2 Å². The summed E-state index contributed by atoms with van der Waals surface area (Å²) in [6.45, 7) is 0. The van der Waals surface area contributed by atoms with Crippen LogP contribution in [0.5, 0.6) is 0 Å². The fourth-order valence-corrected chi connectivity index (χ4v) is 1.78. The van der Waals surface area contributed by atoms with Crippen molar-refractivity contribution < 1.29 is 22.7 Å². The van der Waals surface area contributed by atoms with E-state index in [1.807, 2.05) is 0 Å². The maximum absolute atomic E-state index is 13.4. The topological polar surface area (TPSA) is 20.2 Å². The highest BCUT2D eigenvalue weighted by Crippen LogP contribution is 2.22. The third-order valence-corrected chi connectivity index (χ3v) is 2.70. The van der Waals surface area contributed by atoms with E-state index < -0.39 is 29.4 Å². The lowest BCUT2D eigenvalue weighted by Crippen LogP contribution is -2.05. The van der Waals surface area contributed by atoms with E-state index in [4.69, 9.17) is 0 Å². The summed E-state index contributed by atoms with van der Waals surface area (Å²) in [5.41, 5.74) is 0.0693. The first-order valence-corrected chi connectivity index (χ1v) is 5.53. The lowest BCUT2D eigenvalue weighted by Gasteiger charge is -2.12. The monoisotopic (exact) mass is 270 g/mol. The molecule has 0 aliphatic heterocycles. The molecule has 100 valence electrons. The third-order valence-electron chi connectivity index (χ3n) is 2.70. The first kappa shape index (κ1) is 13.5. The minimum absolute atomic E-state index is 0.00113. The Hall–Kier alpha value is -1.88. The van der Waals surface area contributed by atoms with E-state index in [-0.39, 0.29) is 17.5 Å². The van der Waals surface area contributed by atoms with Crippen molar-refractivity contribution in [2.24, 2.45) is 0 Å². The molecule has 1 nitrogen and oxygen atoms in total. The van der Waals surface area contributed by atoms with Gasteiger partial charge in [-0.3, -0.25) is 0 Å². The van der Waals surface area contributed by atoms with Crippen LogP contribution in [0.4, 0.5) is 17.6 Å². The molecule has 0 aliphatic rings. The molecule has 1 N–H and O–H groups in total. The zero-order valence-corrected chi connectivity index (χ0v) is 9.71. The van der Waals surface area contributed by atoms with Crippen molar-refractivity contribution in [3.05, 3.63) is 70.8 Å². The summed E-state index contributed by atoms with van der Waals surface area (Å²) in [5, 5.41) is 9.82. The Bertz CT molecular complexity index is 578. The number of aliphatic hydroxyl groups excluding tert-OH is 1. The second-order valence-corrected chi connectivity index (χ2v) is 4.16. The van der Waals surface area contributed by atoms with Gasteiger partial charge in [-0.2, -0.15) is 0 Å². The van der Waals surface area contributed by atoms with Crippen LogP contribution < -0.4 is 0 Å². The maximum atomic E-state index is 13.4. The average Bonchev–Trinajstić information content (AvgIpc) is 2.31. The number of rotatable bonds is 3. The second kappa shape index (κ2) is 5.40. The molecule has 0 spiro atoms. The van der Waals surface area contributed by atoms with Crippen molar-refractivity contribution in [2.45, 2.75) is 12.5 Å². The number of halogens is 4. The van der Waals surface area contributed by atoms with Gasteiger partial charge in [0.1, 0.15) is 23.3 Å². The van der Waals surface area contributed by atoms with Gasteiger partial charge in [0.2, 0.25) is 0 Å². The molecule has 2 aromatic carbocycles. The van der Waals surface area contributed by atoms with E-state index in [0.717, 1.165) is 18.2 Å². The molecule has 0 fully saturated rings. The van der Waals surface area contributed by atoms with Crippen molar-refractivity contribution in [3.8, 4) is 0 Å². The van der Waals surface area contributed by atoms with Crippen molar-refractivity contribution in [2.75, 3.05) is 0 Å². The highest BCUT2D eigenvalue weighted by molar-refractivity contribution is 5.25. The first-order chi connectivity index (χ1) is 8.95. The molecule has 2 rings (SSSR count). The Morgan fingerprint density at radius 2 is 1.47 bits per heavy atom. The van der Waals surface area contributed by atoms with Crippen LogP contribution in [0.3, 0.4) is 0 Å². The Labute approximate surface area is 107 Å². The summed E-state index contributed by atoms with van der Waals surface area (Å²) in [6.07, 6.45) is -1.47. The summed E-state index contributed by atoms with van der Waals surface area (Å²) >= 11 is 0. The van der Waals surface area contributed by atoms with Crippen molar-refractivity contribution >= 4 is 0 Å². The fraction of sp³-hybridized carbons (Fsp3) is 0.143. The largest absolute Gasteiger partial charge is 0.388 e. The normalized spacial score (nSPS) is 12.5. The highest BCUT2D eigenvalue weighted by Gasteiger charge is 2.14. The van der Waals surface area contributed by atoms with E-state index in [9.17, 15) is 22.7 Å². The van der Waals surface area contributed by atoms with Crippen LogP contribution in [0.25, 0.3) is 0 Å². The van der Waals surface area contributed by atoms with Gasteiger partial charge in [0.25, 0.3) is 0 Å². The molecule has 0 aliphatic carbocycles. The Morgan fingerprint density at radius 1 is 0.842 bits per heavy atom. The van der Waals surface area contributed by atoms with Crippen LogP contribution in [0.15, 0.2) is 36.4 Å². The average molecular weight is 270 g/mol. The maximum Gasteiger partial charge on any atom is 0.129 e. The van der Waals surface area contributed by atoms with Gasteiger partial charge in [0.15, 0.2) is 0 Å². The van der Waals surface area contributed by atoms with Gasteiger partial charge in [0.05, 0.1) is 6.10 Å². The first-order valence-electron chi connectivity index (χ1n) is 5.53. The zero-order chi connectivity index (χ0) is 14.0. The Morgan fingerprint density at radius 3 is 2.05 bits per heavy atom. The van der Waals surface area contributed by atoms with Crippen LogP contribution in [-0.4, -0.2) is 5.11 Å². The standard InChI is InChI=1S/C14H10F4O/c15-10-2-1-8(13(18)7-10)5-14(19)9-3-11(16)6-12(17)4-9/h1-4,6-7,14,19H,5H2. The quantitative estimate of drug-likeness (QED) is 0.846.